The third-order valence-electron chi connectivity index (χ3n) is 3.65. The summed E-state index contributed by atoms with van der Waals surface area (Å²) in [5.74, 6) is 0.484. The summed E-state index contributed by atoms with van der Waals surface area (Å²) in [5.41, 5.74) is 1.45. The second-order valence-electron chi connectivity index (χ2n) is 6.19. The summed E-state index contributed by atoms with van der Waals surface area (Å²) in [4.78, 5) is 23.6. The van der Waals surface area contributed by atoms with Gasteiger partial charge in [-0.25, -0.2) is 4.79 Å². The van der Waals surface area contributed by atoms with Gasteiger partial charge in [-0.2, -0.15) is 0 Å². The minimum atomic E-state index is -0.578. The molecule has 0 radical (unpaired) electrons. The fourth-order valence-electron chi connectivity index (χ4n) is 2.44. The van der Waals surface area contributed by atoms with Crippen molar-refractivity contribution in [3.63, 3.8) is 0 Å². The third-order valence-corrected chi connectivity index (χ3v) is 4.84. The molecule has 5 heteroatoms. The number of alkyl carbamates (subject to hydrolysis) is 1. The Balaban J connectivity index is 1.98. The van der Waals surface area contributed by atoms with Gasteiger partial charge in [-0.15, -0.1) is 0 Å². The number of carbonyl (C=O) groups excluding carboxylic acids is 2. The molecule has 25 heavy (non-hydrogen) atoms. The van der Waals surface area contributed by atoms with Crippen molar-refractivity contribution >= 4 is 23.0 Å². The van der Waals surface area contributed by atoms with Crippen LogP contribution < -0.4 is 5.32 Å². The molecular formula is C20H23NO3S. The van der Waals surface area contributed by atoms with Crippen LogP contribution in [0, 0.1) is 0 Å². The number of ether oxygens (including phenoxy) is 1. The average molecular weight is 357 g/mol. The van der Waals surface area contributed by atoms with Crippen LogP contribution >= 0.6 is 11.8 Å². The van der Waals surface area contributed by atoms with Gasteiger partial charge < -0.3 is 10.1 Å². The molecule has 1 unspecified atom stereocenters. The van der Waals surface area contributed by atoms with E-state index in [1.807, 2.05) is 67.6 Å². The molecule has 1 atom stereocenters. The van der Waals surface area contributed by atoms with Crippen LogP contribution in [0.2, 0.25) is 0 Å². The smallest absolute Gasteiger partial charge is 0.407 e. The summed E-state index contributed by atoms with van der Waals surface area (Å²) >= 11 is 1.20. The van der Waals surface area contributed by atoms with Crippen molar-refractivity contribution in [2.24, 2.45) is 0 Å². The minimum absolute atomic E-state index is 0.0266. The van der Waals surface area contributed by atoms with Gasteiger partial charge in [-0.3, -0.25) is 4.79 Å². The van der Waals surface area contributed by atoms with Gasteiger partial charge in [-0.05, 0) is 24.5 Å². The largest absolute Gasteiger partial charge is 0.445 e. The summed E-state index contributed by atoms with van der Waals surface area (Å²) in [5, 5.41) is 2.96. The number of carbonyl (C=O) groups is 2. The molecule has 2 rings (SSSR count). The second kappa shape index (κ2) is 9.28. The Bertz CT molecular complexity index is 691. The van der Waals surface area contributed by atoms with Gasteiger partial charge in [0.1, 0.15) is 6.61 Å². The Morgan fingerprint density at radius 1 is 1.00 bits per heavy atom. The van der Waals surface area contributed by atoms with Crippen molar-refractivity contribution in [3.05, 3.63) is 71.8 Å². The van der Waals surface area contributed by atoms with Gasteiger partial charge in [0.05, 0.1) is 5.54 Å². The number of amides is 1. The van der Waals surface area contributed by atoms with Gasteiger partial charge in [0, 0.05) is 12.7 Å². The van der Waals surface area contributed by atoms with Gasteiger partial charge in [0.15, 0.2) is 5.12 Å². The maximum atomic E-state index is 12.2. The van der Waals surface area contributed by atoms with E-state index in [-0.39, 0.29) is 11.7 Å². The molecule has 0 saturated heterocycles. The van der Waals surface area contributed by atoms with Crippen LogP contribution in [0.5, 0.6) is 0 Å². The van der Waals surface area contributed by atoms with Crippen molar-refractivity contribution in [3.8, 4) is 0 Å². The molecule has 0 aromatic heterocycles. The molecule has 0 bridgehead atoms. The van der Waals surface area contributed by atoms with E-state index in [4.69, 9.17) is 4.74 Å². The van der Waals surface area contributed by atoms with Crippen molar-refractivity contribution < 1.29 is 14.3 Å². The molecule has 1 N–H and O–H groups in total. The van der Waals surface area contributed by atoms with Crippen LogP contribution in [0.15, 0.2) is 60.7 Å². The average Bonchev–Trinajstić information content (AvgIpc) is 2.60. The molecule has 2 aromatic carbocycles. The van der Waals surface area contributed by atoms with E-state index in [0.29, 0.717) is 12.2 Å². The molecule has 2 aromatic rings. The predicted molar refractivity (Wildman–Crippen MR) is 101 cm³/mol. The first-order valence-corrected chi connectivity index (χ1v) is 9.12. The van der Waals surface area contributed by atoms with Crippen LogP contribution in [0.4, 0.5) is 4.79 Å². The first-order chi connectivity index (χ1) is 12.0. The van der Waals surface area contributed by atoms with E-state index in [1.165, 1.54) is 18.7 Å². The minimum Gasteiger partial charge on any atom is -0.445 e. The molecule has 0 heterocycles. The number of hydrogen-bond acceptors (Lipinski definition) is 4. The molecule has 0 spiro atoms. The number of nitrogens with one attached hydrogen (secondary N) is 1. The topological polar surface area (TPSA) is 55.4 Å². The van der Waals surface area contributed by atoms with Crippen LogP contribution in [-0.4, -0.2) is 22.5 Å². The standard InChI is InChI=1S/C20H23NO3S/c1-16(22)25-15-20(2,13-17-9-5-3-6-10-17)21-19(23)24-14-18-11-7-4-8-12-18/h3-12H,13-15H2,1-2H3,(H,21,23). The lowest BCUT2D eigenvalue weighted by Crippen LogP contribution is -2.50. The number of benzene rings is 2. The molecule has 0 aliphatic carbocycles. The maximum Gasteiger partial charge on any atom is 0.407 e. The Morgan fingerprint density at radius 2 is 1.56 bits per heavy atom. The van der Waals surface area contributed by atoms with Crippen LogP contribution in [0.3, 0.4) is 0 Å². The molecule has 0 aliphatic rings. The zero-order chi connectivity index (χ0) is 18.1. The highest BCUT2D eigenvalue weighted by Gasteiger charge is 2.28. The Kier molecular flexibility index (Phi) is 7.07. The van der Waals surface area contributed by atoms with E-state index in [0.717, 1.165) is 11.1 Å². The summed E-state index contributed by atoms with van der Waals surface area (Å²) in [7, 11) is 0. The first kappa shape index (κ1) is 19.1. The van der Waals surface area contributed by atoms with Gasteiger partial charge in [0.25, 0.3) is 0 Å². The maximum absolute atomic E-state index is 12.2. The van der Waals surface area contributed by atoms with E-state index in [2.05, 4.69) is 5.32 Å². The van der Waals surface area contributed by atoms with E-state index in [1.54, 1.807) is 0 Å². The molecule has 4 nitrogen and oxygen atoms in total. The molecule has 1 amide bonds. The van der Waals surface area contributed by atoms with Gasteiger partial charge in [0.2, 0.25) is 0 Å². The summed E-state index contributed by atoms with van der Waals surface area (Å²) in [6, 6.07) is 19.4. The fraction of sp³-hybridized carbons (Fsp3) is 0.300. The second-order valence-corrected chi connectivity index (χ2v) is 7.34. The van der Waals surface area contributed by atoms with Crippen LogP contribution in [0.1, 0.15) is 25.0 Å². The fourth-order valence-corrected chi connectivity index (χ4v) is 3.14. The third kappa shape index (κ3) is 7.01. The number of thioether (sulfide) groups is 1. The Labute approximate surface area is 153 Å². The quantitative estimate of drug-likeness (QED) is 0.807. The highest BCUT2D eigenvalue weighted by molar-refractivity contribution is 8.13. The molecule has 0 aliphatic heterocycles. The van der Waals surface area contributed by atoms with Crippen LogP contribution in [-0.2, 0) is 22.6 Å². The molecule has 0 saturated carbocycles. The van der Waals surface area contributed by atoms with Crippen molar-refractivity contribution in [1.82, 2.24) is 5.32 Å². The zero-order valence-corrected chi connectivity index (χ0v) is 15.3. The molecule has 132 valence electrons. The summed E-state index contributed by atoms with van der Waals surface area (Å²) < 4.78 is 5.32. The Morgan fingerprint density at radius 3 is 2.12 bits per heavy atom. The van der Waals surface area contributed by atoms with Crippen molar-refractivity contribution in [2.45, 2.75) is 32.4 Å². The Hall–Kier alpha value is -2.27. The molecule has 0 fully saturated rings. The number of hydrogen-bond donors (Lipinski definition) is 1. The van der Waals surface area contributed by atoms with E-state index in [9.17, 15) is 9.59 Å². The highest BCUT2D eigenvalue weighted by Crippen LogP contribution is 2.20. The predicted octanol–water partition coefficient (Wildman–Crippen LogP) is 4.19. The summed E-state index contributed by atoms with van der Waals surface area (Å²) in [6.45, 7) is 3.68. The normalized spacial score (nSPS) is 12.9. The number of rotatable bonds is 7. The van der Waals surface area contributed by atoms with Crippen molar-refractivity contribution in [1.29, 1.82) is 0 Å². The highest BCUT2D eigenvalue weighted by atomic mass is 32.2. The molecular weight excluding hydrogens is 334 g/mol. The zero-order valence-electron chi connectivity index (χ0n) is 14.5. The monoisotopic (exact) mass is 357 g/mol. The van der Waals surface area contributed by atoms with Gasteiger partial charge in [-0.1, -0.05) is 72.4 Å². The lowest BCUT2D eigenvalue weighted by atomic mass is 9.95. The van der Waals surface area contributed by atoms with Crippen molar-refractivity contribution in [2.75, 3.05) is 5.75 Å². The first-order valence-electron chi connectivity index (χ1n) is 8.13. The lowest BCUT2D eigenvalue weighted by Gasteiger charge is -2.30. The van der Waals surface area contributed by atoms with Crippen LogP contribution in [0.25, 0.3) is 0 Å². The van der Waals surface area contributed by atoms with E-state index >= 15 is 0 Å². The summed E-state index contributed by atoms with van der Waals surface area (Å²) in [6.07, 6.45) is 0.139. The SMILES string of the molecule is CC(=O)SCC(C)(Cc1ccccc1)NC(=O)OCc1ccccc1. The lowest BCUT2D eigenvalue weighted by molar-refractivity contribution is -0.109. The van der Waals surface area contributed by atoms with Gasteiger partial charge >= 0.3 is 6.09 Å². The van der Waals surface area contributed by atoms with E-state index < -0.39 is 11.6 Å².